The molecule has 3 atom stereocenters. The van der Waals surface area contributed by atoms with Gasteiger partial charge in [0, 0.05) is 12.3 Å². The van der Waals surface area contributed by atoms with Gasteiger partial charge in [-0.1, -0.05) is 19.6 Å². The zero-order chi connectivity index (χ0) is 20.8. The number of carbonyl (C=O) groups is 2. The lowest BCUT2D eigenvalue weighted by Gasteiger charge is -2.33. The summed E-state index contributed by atoms with van der Waals surface area (Å²) in [5, 5.41) is 5.37. The highest BCUT2D eigenvalue weighted by molar-refractivity contribution is 5.85. The molecule has 0 unspecified atom stereocenters. The Bertz CT molecular complexity index is 760. The Morgan fingerprint density at radius 2 is 2.17 bits per heavy atom. The van der Waals surface area contributed by atoms with Crippen LogP contribution >= 0.6 is 0 Å². The largest absolute Gasteiger partial charge is 0.493 e. The van der Waals surface area contributed by atoms with E-state index in [0.717, 1.165) is 19.3 Å². The molecule has 0 spiro atoms. The van der Waals surface area contributed by atoms with E-state index in [1.54, 1.807) is 25.3 Å². The molecule has 2 aliphatic heterocycles. The molecule has 0 saturated carbocycles. The summed E-state index contributed by atoms with van der Waals surface area (Å²) in [4.78, 5) is 24.9. The van der Waals surface area contributed by atoms with Crippen LogP contribution in [0.3, 0.4) is 0 Å². The Morgan fingerprint density at radius 3 is 2.86 bits per heavy atom. The van der Waals surface area contributed by atoms with Crippen molar-refractivity contribution in [2.24, 2.45) is 5.92 Å². The summed E-state index contributed by atoms with van der Waals surface area (Å²) in [6, 6.07) is 4.28. The topological polar surface area (TPSA) is 95.1 Å². The van der Waals surface area contributed by atoms with Gasteiger partial charge in [0.2, 0.25) is 0 Å². The van der Waals surface area contributed by atoms with Crippen LogP contribution in [0.15, 0.2) is 30.5 Å². The summed E-state index contributed by atoms with van der Waals surface area (Å²) in [7, 11) is 1.55. The molecule has 2 saturated heterocycles. The lowest BCUT2D eigenvalue weighted by molar-refractivity contribution is -0.151. The van der Waals surface area contributed by atoms with Gasteiger partial charge in [-0.3, -0.25) is 4.79 Å². The van der Waals surface area contributed by atoms with Crippen molar-refractivity contribution in [1.82, 2.24) is 10.6 Å². The van der Waals surface area contributed by atoms with Crippen molar-refractivity contribution in [3.8, 4) is 11.5 Å². The molecule has 8 nitrogen and oxygen atoms in total. The van der Waals surface area contributed by atoms with Crippen LogP contribution in [0.25, 0.3) is 0 Å². The highest BCUT2D eigenvalue weighted by atomic mass is 16.6. The summed E-state index contributed by atoms with van der Waals surface area (Å²) < 4.78 is 22.1. The lowest BCUT2D eigenvalue weighted by atomic mass is 9.89. The number of urea groups is 1. The maximum atomic E-state index is 12.8. The number of amides is 2. The van der Waals surface area contributed by atoms with E-state index in [-0.39, 0.29) is 12.7 Å². The van der Waals surface area contributed by atoms with Gasteiger partial charge in [0.1, 0.15) is 12.5 Å². The van der Waals surface area contributed by atoms with Crippen LogP contribution in [-0.2, 0) is 14.3 Å². The second-order valence-electron chi connectivity index (χ2n) is 7.10. The molecule has 0 aromatic heterocycles. The normalized spacial score (nSPS) is 23.9. The fraction of sp³-hybridized carbons (Fsp3) is 0.524. The molecule has 158 valence electrons. The molecule has 2 N–H and O–H groups in total. The van der Waals surface area contributed by atoms with Crippen molar-refractivity contribution in [2.75, 3.05) is 26.9 Å². The van der Waals surface area contributed by atoms with E-state index in [1.165, 1.54) is 0 Å². The van der Waals surface area contributed by atoms with E-state index in [2.05, 4.69) is 17.2 Å². The molecule has 2 heterocycles. The highest BCUT2D eigenvalue weighted by Crippen LogP contribution is 2.36. The Balaban J connectivity index is 1.80. The molecule has 2 fully saturated rings. The number of benzene rings is 1. The first-order valence-corrected chi connectivity index (χ1v) is 9.88. The smallest absolute Gasteiger partial charge is 0.319 e. The first-order chi connectivity index (χ1) is 14.0. The molecule has 29 heavy (non-hydrogen) atoms. The van der Waals surface area contributed by atoms with Crippen LogP contribution in [0.4, 0.5) is 4.79 Å². The van der Waals surface area contributed by atoms with Crippen molar-refractivity contribution >= 4 is 12.0 Å². The predicted molar refractivity (Wildman–Crippen MR) is 106 cm³/mol. The monoisotopic (exact) mass is 404 g/mol. The van der Waals surface area contributed by atoms with Gasteiger partial charge in [-0.05, 0) is 37.0 Å². The number of nitrogens with one attached hydrogen (secondary N) is 2. The van der Waals surface area contributed by atoms with Crippen molar-refractivity contribution in [3.05, 3.63) is 36.0 Å². The van der Waals surface area contributed by atoms with E-state index in [9.17, 15) is 9.59 Å². The van der Waals surface area contributed by atoms with Gasteiger partial charge in [0.15, 0.2) is 11.5 Å². The molecule has 2 aliphatic rings. The van der Waals surface area contributed by atoms with Gasteiger partial charge in [-0.15, -0.1) is 0 Å². The standard InChI is InChI=1S/C21H28N2O6/c1-4-9-28-16-8-7-14(11-17(16)26-3)19-18(13(2)22-21(25)23-19)20(24)29-12-15-6-5-10-27-15/h7-8,11,15,18-19H,2,4-6,9-10,12H2,1,3H3,(H2,22,23,25)/t15-,18-,19+/m0/s1. The fourth-order valence-electron chi connectivity index (χ4n) is 3.49. The second-order valence-corrected chi connectivity index (χ2v) is 7.10. The van der Waals surface area contributed by atoms with Gasteiger partial charge in [-0.2, -0.15) is 0 Å². The van der Waals surface area contributed by atoms with Crippen LogP contribution in [0, 0.1) is 5.92 Å². The van der Waals surface area contributed by atoms with E-state index in [4.69, 9.17) is 18.9 Å². The average Bonchev–Trinajstić information content (AvgIpc) is 3.23. The Kier molecular flexibility index (Phi) is 6.98. The van der Waals surface area contributed by atoms with Crippen LogP contribution in [-0.4, -0.2) is 45.0 Å². The quantitative estimate of drug-likeness (QED) is 0.647. The summed E-state index contributed by atoms with van der Waals surface area (Å²) in [6.45, 7) is 7.32. The second kappa shape index (κ2) is 9.65. The highest BCUT2D eigenvalue weighted by Gasteiger charge is 2.39. The van der Waals surface area contributed by atoms with Gasteiger partial charge in [0.25, 0.3) is 0 Å². The Labute approximate surface area is 170 Å². The van der Waals surface area contributed by atoms with E-state index in [0.29, 0.717) is 36.0 Å². The first-order valence-electron chi connectivity index (χ1n) is 9.88. The fourth-order valence-corrected chi connectivity index (χ4v) is 3.49. The summed E-state index contributed by atoms with van der Waals surface area (Å²) in [5.74, 6) is -0.106. The van der Waals surface area contributed by atoms with Crippen molar-refractivity contribution in [2.45, 2.75) is 38.3 Å². The van der Waals surface area contributed by atoms with Gasteiger partial charge in [-0.25, -0.2) is 4.79 Å². The molecule has 1 aromatic carbocycles. The van der Waals surface area contributed by atoms with Crippen LogP contribution in [0.5, 0.6) is 11.5 Å². The van der Waals surface area contributed by atoms with Gasteiger partial charge < -0.3 is 29.6 Å². The lowest BCUT2D eigenvalue weighted by Crippen LogP contribution is -2.51. The molecule has 0 radical (unpaired) electrons. The maximum absolute atomic E-state index is 12.8. The first kappa shape index (κ1) is 21.0. The zero-order valence-corrected chi connectivity index (χ0v) is 16.9. The maximum Gasteiger partial charge on any atom is 0.319 e. The molecule has 0 bridgehead atoms. The number of carbonyl (C=O) groups excluding carboxylic acids is 2. The predicted octanol–water partition coefficient (Wildman–Crippen LogP) is 2.69. The van der Waals surface area contributed by atoms with Crippen molar-refractivity contribution in [3.63, 3.8) is 0 Å². The average molecular weight is 404 g/mol. The third-order valence-corrected chi connectivity index (χ3v) is 4.97. The molecular formula is C21H28N2O6. The van der Waals surface area contributed by atoms with Crippen LogP contribution < -0.4 is 20.1 Å². The van der Waals surface area contributed by atoms with Crippen molar-refractivity contribution in [1.29, 1.82) is 0 Å². The zero-order valence-electron chi connectivity index (χ0n) is 16.9. The Morgan fingerprint density at radius 1 is 1.34 bits per heavy atom. The third-order valence-electron chi connectivity index (χ3n) is 4.97. The molecule has 0 aliphatic carbocycles. The number of hydrogen-bond acceptors (Lipinski definition) is 6. The van der Waals surface area contributed by atoms with Gasteiger partial charge in [0.05, 0.1) is 25.9 Å². The minimum atomic E-state index is -0.777. The molecule has 1 aromatic rings. The number of ether oxygens (including phenoxy) is 4. The number of esters is 1. The van der Waals surface area contributed by atoms with Crippen LogP contribution in [0.1, 0.15) is 37.8 Å². The van der Waals surface area contributed by atoms with E-state index in [1.807, 2.05) is 6.92 Å². The van der Waals surface area contributed by atoms with E-state index < -0.39 is 24.0 Å². The Hall–Kier alpha value is -2.74. The molecule has 3 rings (SSSR count). The van der Waals surface area contributed by atoms with E-state index >= 15 is 0 Å². The minimum Gasteiger partial charge on any atom is -0.493 e. The van der Waals surface area contributed by atoms with Gasteiger partial charge >= 0.3 is 12.0 Å². The SMILES string of the molecule is C=C1NC(=O)N[C@H](c2ccc(OCCC)c(OC)c2)[C@H]1C(=O)OC[C@@H]1CCCO1. The summed E-state index contributed by atoms with van der Waals surface area (Å²) in [5.41, 5.74) is 0.988. The van der Waals surface area contributed by atoms with Crippen molar-refractivity contribution < 1.29 is 28.5 Å². The van der Waals surface area contributed by atoms with Crippen LogP contribution in [0.2, 0.25) is 0 Å². The summed E-state index contributed by atoms with van der Waals surface area (Å²) in [6.07, 6.45) is 2.62. The number of methoxy groups -OCH3 is 1. The third kappa shape index (κ3) is 5.00. The number of rotatable bonds is 8. The molecule has 8 heteroatoms. The minimum absolute atomic E-state index is 0.0769. The molecular weight excluding hydrogens is 376 g/mol. The number of hydrogen-bond donors (Lipinski definition) is 2. The molecule has 2 amide bonds. The summed E-state index contributed by atoms with van der Waals surface area (Å²) >= 11 is 0.